The molecular formula is C14H18N2O2. The molecule has 96 valence electrons. The molecule has 0 spiro atoms. The molecule has 1 aliphatic heterocycles. The van der Waals surface area contributed by atoms with E-state index in [9.17, 15) is 0 Å². The van der Waals surface area contributed by atoms with E-state index >= 15 is 0 Å². The van der Waals surface area contributed by atoms with E-state index in [2.05, 4.69) is 16.8 Å². The average molecular weight is 246 g/mol. The number of oxazole rings is 1. The van der Waals surface area contributed by atoms with Gasteiger partial charge in [-0.3, -0.25) is 0 Å². The Kier molecular flexibility index (Phi) is 3.19. The van der Waals surface area contributed by atoms with Crippen molar-refractivity contribution in [3.8, 4) is 0 Å². The van der Waals surface area contributed by atoms with Gasteiger partial charge < -0.3 is 14.1 Å². The van der Waals surface area contributed by atoms with Gasteiger partial charge >= 0.3 is 0 Å². The molecule has 18 heavy (non-hydrogen) atoms. The van der Waals surface area contributed by atoms with Crippen LogP contribution in [0.1, 0.15) is 19.8 Å². The van der Waals surface area contributed by atoms with Gasteiger partial charge in [-0.25, -0.2) is 0 Å². The Labute approximate surface area is 107 Å². The molecule has 3 rings (SSSR count). The number of benzene rings is 1. The highest BCUT2D eigenvalue weighted by atomic mass is 16.5. The SMILES string of the molecule is CCN(CC1CCCO1)c1nc2ccccc2o1. The molecular weight excluding hydrogens is 228 g/mol. The number of anilines is 1. The van der Waals surface area contributed by atoms with E-state index in [4.69, 9.17) is 9.15 Å². The molecule has 0 bridgehead atoms. The molecule has 4 nitrogen and oxygen atoms in total. The fourth-order valence-electron chi connectivity index (χ4n) is 2.37. The number of hydrogen-bond donors (Lipinski definition) is 0. The van der Waals surface area contributed by atoms with Crippen LogP contribution in [0.4, 0.5) is 6.01 Å². The number of ether oxygens (including phenoxy) is 1. The zero-order chi connectivity index (χ0) is 12.4. The minimum atomic E-state index is 0.319. The third kappa shape index (κ3) is 2.20. The van der Waals surface area contributed by atoms with Gasteiger partial charge in [-0.15, -0.1) is 0 Å². The second-order valence-electron chi connectivity index (χ2n) is 4.64. The van der Waals surface area contributed by atoms with Crippen LogP contribution < -0.4 is 4.90 Å². The van der Waals surface area contributed by atoms with Crippen LogP contribution in [-0.2, 0) is 4.74 Å². The lowest BCUT2D eigenvalue weighted by atomic mass is 10.2. The fraction of sp³-hybridized carbons (Fsp3) is 0.500. The number of rotatable bonds is 4. The minimum absolute atomic E-state index is 0.319. The Morgan fingerprint density at radius 1 is 1.39 bits per heavy atom. The number of hydrogen-bond acceptors (Lipinski definition) is 4. The summed E-state index contributed by atoms with van der Waals surface area (Å²) in [6.07, 6.45) is 2.62. The van der Waals surface area contributed by atoms with Gasteiger partial charge in [0.05, 0.1) is 6.10 Å². The normalized spacial score (nSPS) is 19.5. The molecule has 1 aliphatic rings. The van der Waals surface area contributed by atoms with Gasteiger partial charge in [0.1, 0.15) is 5.52 Å². The number of likely N-dealkylation sites (N-methyl/N-ethyl adjacent to an activating group) is 1. The van der Waals surface area contributed by atoms with Crippen LogP contribution in [0.2, 0.25) is 0 Å². The first-order chi connectivity index (χ1) is 8.86. The predicted octanol–water partition coefficient (Wildman–Crippen LogP) is 2.83. The third-order valence-corrected chi connectivity index (χ3v) is 3.38. The van der Waals surface area contributed by atoms with Gasteiger partial charge in [0.15, 0.2) is 5.58 Å². The van der Waals surface area contributed by atoms with E-state index in [0.29, 0.717) is 12.1 Å². The molecule has 1 aromatic heterocycles. The monoisotopic (exact) mass is 246 g/mol. The van der Waals surface area contributed by atoms with Crippen molar-refractivity contribution < 1.29 is 9.15 Å². The topological polar surface area (TPSA) is 38.5 Å². The van der Waals surface area contributed by atoms with Crippen molar-refractivity contribution in [2.24, 2.45) is 0 Å². The summed E-state index contributed by atoms with van der Waals surface area (Å²) in [5, 5.41) is 0. The molecule has 0 aliphatic carbocycles. The smallest absolute Gasteiger partial charge is 0.298 e. The number of nitrogens with zero attached hydrogens (tertiary/aromatic N) is 2. The Morgan fingerprint density at radius 3 is 3.00 bits per heavy atom. The van der Waals surface area contributed by atoms with Crippen molar-refractivity contribution in [1.82, 2.24) is 4.98 Å². The van der Waals surface area contributed by atoms with E-state index in [1.54, 1.807) is 0 Å². The lowest BCUT2D eigenvalue weighted by Crippen LogP contribution is -2.32. The van der Waals surface area contributed by atoms with Gasteiger partial charge in [0, 0.05) is 19.7 Å². The van der Waals surface area contributed by atoms with Gasteiger partial charge in [0.25, 0.3) is 6.01 Å². The Morgan fingerprint density at radius 2 is 2.28 bits per heavy atom. The van der Waals surface area contributed by atoms with Crippen LogP contribution in [0.5, 0.6) is 0 Å². The first-order valence-corrected chi connectivity index (χ1v) is 6.59. The second kappa shape index (κ2) is 4.98. The minimum Gasteiger partial charge on any atom is -0.423 e. The summed E-state index contributed by atoms with van der Waals surface area (Å²) in [4.78, 5) is 6.68. The summed E-state index contributed by atoms with van der Waals surface area (Å²) in [5.41, 5.74) is 1.76. The van der Waals surface area contributed by atoms with Crippen molar-refractivity contribution in [1.29, 1.82) is 0 Å². The summed E-state index contributed by atoms with van der Waals surface area (Å²) < 4.78 is 11.5. The summed E-state index contributed by atoms with van der Waals surface area (Å²) in [6.45, 7) is 4.75. The second-order valence-corrected chi connectivity index (χ2v) is 4.64. The van der Waals surface area contributed by atoms with Crippen molar-refractivity contribution >= 4 is 17.1 Å². The quantitative estimate of drug-likeness (QED) is 0.831. The molecule has 1 atom stereocenters. The molecule has 2 heterocycles. The molecule has 2 aromatic rings. The molecule has 0 N–H and O–H groups in total. The van der Waals surface area contributed by atoms with Crippen molar-refractivity contribution in [3.05, 3.63) is 24.3 Å². The Balaban J connectivity index is 1.81. The first kappa shape index (κ1) is 11.5. The van der Waals surface area contributed by atoms with Crippen LogP contribution >= 0.6 is 0 Å². The lowest BCUT2D eigenvalue weighted by Gasteiger charge is -2.21. The largest absolute Gasteiger partial charge is 0.423 e. The van der Waals surface area contributed by atoms with Gasteiger partial charge in [-0.05, 0) is 31.9 Å². The fourth-order valence-corrected chi connectivity index (χ4v) is 2.37. The average Bonchev–Trinajstić information content (AvgIpc) is 3.04. The zero-order valence-corrected chi connectivity index (χ0v) is 10.6. The molecule has 1 aromatic carbocycles. The van der Waals surface area contributed by atoms with E-state index in [1.165, 1.54) is 0 Å². The summed E-state index contributed by atoms with van der Waals surface area (Å²) in [6, 6.07) is 8.57. The maximum atomic E-state index is 5.79. The zero-order valence-electron chi connectivity index (χ0n) is 10.6. The third-order valence-electron chi connectivity index (χ3n) is 3.38. The highest BCUT2D eigenvalue weighted by molar-refractivity contribution is 5.74. The number of para-hydroxylation sites is 2. The Bertz CT molecular complexity index is 484. The number of aromatic nitrogens is 1. The molecule has 1 saturated heterocycles. The van der Waals surface area contributed by atoms with Gasteiger partial charge in [-0.2, -0.15) is 4.98 Å². The highest BCUT2D eigenvalue weighted by Gasteiger charge is 2.21. The molecule has 0 amide bonds. The van der Waals surface area contributed by atoms with Crippen LogP contribution in [0.15, 0.2) is 28.7 Å². The van der Waals surface area contributed by atoms with E-state index in [1.807, 2.05) is 24.3 Å². The van der Waals surface area contributed by atoms with Crippen molar-refractivity contribution in [2.75, 3.05) is 24.6 Å². The van der Waals surface area contributed by atoms with E-state index in [-0.39, 0.29) is 0 Å². The molecule has 4 heteroatoms. The van der Waals surface area contributed by atoms with Gasteiger partial charge in [0.2, 0.25) is 0 Å². The van der Waals surface area contributed by atoms with Crippen LogP contribution in [0.3, 0.4) is 0 Å². The summed E-state index contributed by atoms with van der Waals surface area (Å²) >= 11 is 0. The maximum Gasteiger partial charge on any atom is 0.298 e. The van der Waals surface area contributed by atoms with Crippen molar-refractivity contribution in [3.63, 3.8) is 0 Å². The Hall–Kier alpha value is -1.55. The van der Waals surface area contributed by atoms with Crippen LogP contribution in [-0.4, -0.2) is 30.8 Å². The summed E-state index contributed by atoms with van der Waals surface area (Å²) in [7, 11) is 0. The maximum absolute atomic E-state index is 5.79. The van der Waals surface area contributed by atoms with Crippen LogP contribution in [0, 0.1) is 0 Å². The van der Waals surface area contributed by atoms with Gasteiger partial charge in [-0.1, -0.05) is 12.1 Å². The lowest BCUT2D eigenvalue weighted by molar-refractivity contribution is 0.115. The van der Waals surface area contributed by atoms with E-state index in [0.717, 1.165) is 43.6 Å². The number of fused-ring (bicyclic) bond motifs is 1. The molecule has 0 saturated carbocycles. The molecule has 0 radical (unpaired) electrons. The summed E-state index contributed by atoms with van der Waals surface area (Å²) in [5.74, 6) is 0. The predicted molar refractivity (Wildman–Crippen MR) is 70.9 cm³/mol. The first-order valence-electron chi connectivity index (χ1n) is 6.59. The standard InChI is InChI=1S/C14H18N2O2/c1-2-16(10-11-6-5-9-17-11)14-15-12-7-3-4-8-13(12)18-14/h3-4,7-8,11H,2,5-6,9-10H2,1H3. The van der Waals surface area contributed by atoms with Crippen LogP contribution in [0.25, 0.3) is 11.1 Å². The van der Waals surface area contributed by atoms with Crippen molar-refractivity contribution in [2.45, 2.75) is 25.9 Å². The highest BCUT2D eigenvalue weighted by Crippen LogP contribution is 2.23. The van der Waals surface area contributed by atoms with E-state index < -0.39 is 0 Å². The molecule has 1 fully saturated rings. The molecule has 1 unspecified atom stereocenters.